The first-order chi connectivity index (χ1) is 5.23. The molecular weight excluding hydrogens is 140 g/mol. The second kappa shape index (κ2) is 2.46. The maximum absolute atomic E-state index is 9.22. The third kappa shape index (κ3) is 1.30. The Morgan fingerprint density at radius 2 is 2.45 bits per heavy atom. The van der Waals surface area contributed by atoms with E-state index in [4.69, 9.17) is 4.74 Å². The van der Waals surface area contributed by atoms with Gasteiger partial charge in [-0.1, -0.05) is 12.8 Å². The van der Waals surface area contributed by atoms with Crippen LogP contribution in [0.5, 0.6) is 0 Å². The maximum atomic E-state index is 9.22. The zero-order chi connectivity index (χ0) is 7.90. The zero-order valence-corrected chi connectivity index (χ0v) is 7.05. The van der Waals surface area contributed by atoms with Crippen LogP contribution in [0.3, 0.4) is 0 Å². The number of hydrogen-bond donors (Lipinski definition) is 1. The van der Waals surface area contributed by atoms with Crippen LogP contribution >= 0.6 is 0 Å². The fraction of sp³-hybridized carbons (Fsp3) is 1.00. The van der Waals surface area contributed by atoms with Crippen LogP contribution in [0, 0.1) is 0 Å². The van der Waals surface area contributed by atoms with Crippen LogP contribution in [0.2, 0.25) is 0 Å². The van der Waals surface area contributed by atoms with Gasteiger partial charge in [-0.25, -0.2) is 0 Å². The van der Waals surface area contributed by atoms with Crippen molar-refractivity contribution in [1.29, 1.82) is 0 Å². The van der Waals surface area contributed by atoms with E-state index in [9.17, 15) is 5.11 Å². The third-order valence-electron chi connectivity index (χ3n) is 2.86. The van der Waals surface area contributed by atoms with Crippen molar-refractivity contribution in [3.05, 3.63) is 0 Å². The Labute approximate surface area is 67.6 Å². The predicted molar refractivity (Wildman–Crippen MR) is 42.4 cm³/mol. The Morgan fingerprint density at radius 3 is 3.09 bits per heavy atom. The summed E-state index contributed by atoms with van der Waals surface area (Å²) in [4.78, 5) is 0. The quantitative estimate of drug-likeness (QED) is 0.614. The molecule has 1 saturated heterocycles. The second-order valence-electron chi connectivity index (χ2n) is 3.97. The van der Waals surface area contributed by atoms with E-state index < -0.39 is 0 Å². The Hall–Kier alpha value is -0.0800. The van der Waals surface area contributed by atoms with E-state index in [1.807, 2.05) is 6.92 Å². The predicted octanol–water partition coefficient (Wildman–Crippen LogP) is 1.47. The molecule has 0 aromatic carbocycles. The van der Waals surface area contributed by atoms with E-state index in [-0.39, 0.29) is 11.7 Å². The molecule has 2 fully saturated rings. The topological polar surface area (TPSA) is 32.8 Å². The average Bonchev–Trinajstić information content (AvgIpc) is 2.59. The summed E-state index contributed by atoms with van der Waals surface area (Å²) in [6.45, 7) is 1.85. The molecule has 2 aliphatic rings. The smallest absolute Gasteiger partial charge is 0.0972 e. The summed E-state index contributed by atoms with van der Waals surface area (Å²) in [5.41, 5.74) is 0.117. The number of aliphatic hydroxyl groups excluding tert-OH is 1. The molecule has 64 valence electrons. The van der Waals surface area contributed by atoms with Crippen LogP contribution in [0.25, 0.3) is 0 Å². The Morgan fingerprint density at radius 1 is 1.64 bits per heavy atom. The summed E-state index contributed by atoms with van der Waals surface area (Å²) in [5, 5.41) is 9.22. The number of ether oxygens (including phenoxy) is 1. The highest BCUT2D eigenvalue weighted by molar-refractivity contribution is 5.05. The number of aliphatic hydroxyl groups is 1. The van der Waals surface area contributed by atoms with Gasteiger partial charge in [0, 0.05) is 6.42 Å². The SMILES string of the molecule is CC(O)CC12CCCCC1O2. The molecule has 0 radical (unpaired) electrons. The average molecular weight is 156 g/mol. The van der Waals surface area contributed by atoms with Crippen molar-refractivity contribution in [2.45, 2.75) is 56.8 Å². The molecule has 0 aromatic rings. The first-order valence-corrected chi connectivity index (χ1v) is 4.59. The van der Waals surface area contributed by atoms with Crippen molar-refractivity contribution in [1.82, 2.24) is 0 Å². The molecule has 1 saturated carbocycles. The van der Waals surface area contributed by atoms with Crippen molar-refractivity contribution < 1.29 is 9.84 Å². The molecule has 11 heavy (non-hydrogen) atoms. The molecule has 0 bridgehead atoms. The number of fused-ring (bicyclic) bond motifs is 1. The molecule has 1 aliphatic carbocycles. The fourth-order valence-electron chi connectivity index (χ4n) is 2.33. The molecule has 0 amide bonds. The van der Waals surface area contributed by atoms with Gasteiger partial charge in [0.25, 0.3) is 0 Å². The van der Waals surface area contributed by atoms with Crippen LogP contribution < -0.4 is 0 Å². The standard InChI is InChI=1S/C9H16O2/c1-7(10)6-9-5-3-2-4-8(9)11-9/h7-8,10H,2-6H2,1H3. The largest absolute Gasteiger partial charge is 0.393 e. The van der Waals surface area contributed by atoms with Crippen molar-refractivity contribution >= 4 is 0 Å². The van der Waals surface area contributed by atoms with E-state index >= 15 is 0 Å². The summed E-state index contributed by atoms with van der Waals surface area (Å²) < 4.78 is 5.62. The Kier molecular flexibility index (Phi) is 1.69. The van der Waals surface area contributed by atoms with Gasteiger partial charge in [-0.05, 0) is 19.8 Å². The highest BCUT2D eigenvalue weighted by Gasteiger charge is 2.56. The lowest BCUT2D eigenvalue weighted by Crippen LogP contribution is -2.24. The van der Waals surface area contributed by atoms with Gasteiger partial charge >= 0.3 is 0 Å². The minimum Gasteiger partial charge on any atom is -0.393 e. The summed E-state index contributed by atoms with van der Waals surface area (Å²) in [6, 6.07) is 0. The zero-order valence-electron chi connectivity index (χ0n) is 7.05. The lowest BCUT2D eigenvalue weighted by Gasteiger charge is -2.17. The first-order valence-electron chi connectivity index (χ1n) is 4.59. The van der Waals surface area contributed by atoms with Crippen molar-refractivity contribution in [2.24, 2.45) is 0 Å². The minimum absolute atomic E-state index is 0.117. The lowest BCUT2D eigenvalue weighted by molar-refractivity contribution is 0.134. The summed E-state index contributed by atoms with van der Waals surface area (Å²) >= 11 is 0. The molecule has 2 rings (SSSR count). The van der Waals surface area contributed by atoms with E-state index in [0.717, 1.165) is 6.42 Å². The van der Waals surface area contributed by atoms with Gasteiger partial charge < -0.3 is 9.84 Å². The normalized spacial score (nSPS) is 44.7. The first kappa shape index (κ1) is 7.56. The van der Waals surface area contributed by atoms with Crippen LogP contribution in [0.4, 0.5) is 0 Å². The monoisotopic (exact) mass is 156 g/mol. The van der Waals surface area contributed by atoms with E-state index in [1.165, 1.54) is 25.7 Å². The van der Waals surface area contributed by atoms with Gasteiger partial charge in [0.2, 0.25) is 0 Å². The molecule has 1 aliphatic heterocycles. The molecule has 1 heterocycles. The van der Waals surface area contributed by atoms with Crippen molar-refractivity contribution in [3.8, 4) is 0 Å². The number of rotatable bonds is 2. The van der Waals surface area contributed by atoms with Crippen molar-refractivity contribution in [2.75, 3.05) is 0 Å². The molecular formula is C9H16O2. The van der Waals surface area contributed by atoms with Gasteiger partial charge in [-0.2, -0.15) is 0 Å². The van der Waals surface area contributed by atoms with Crippen LogP contribution in [0.15, 0.2) is 0 Å². The van der Waals surface area contributed by atoms with Gasteiger partial charge in [0.1, 0.15) is 0 Å². The molecule has 0 aromatic heterocycles. The second-order valence-corrected chi connectivity index (χ2v) is 3.97. The highest BCUT2D eigenvalue weighted by atomic mass is 16.6. The molecule has 0 spiro atoms. The number of hydrogen-bond acceptors (Lipinski definition) is 2. The van der Waals surface area contributed by atoms with Gasteiger partial charge in [-0.3, -0.25) is 0 Å². The highest BCUT2D eigenvalue weighted by Crippen LogP contribution is 2.50. The van der Waals surface area contributed by atoms with Crippen LogP contribution in [-0.2, 0) is 4.74 Å². The summed E-state index contributed by atoms with van der Waals surface area (Å²) in [5.74, 6) is 0. The van der Waals surface area contributed by atoms with E-state index in [2.05, 4.69) is 0 Å². The van der Waals surface area contributed by atoms with Crippen LogP contribution in [-0.4, -0.2) is 22.9 Å². The molecule has 3 unspecified atom stereocenters. The van der Waals surface area contributed by atoms with Gasteiger partial charge in [0.15, 0.2) is 0 Å². The molecule has 3 atom stereocenters. The minimum atomic E-state index is -0.196. The lowest BCUT2D eigenvalue weighted by atomic mass is 9.85. The van der Waals surface area contributed by atoms with Gasteiger partial charge in [0.05, 0.1) is 17.8 Å². The summed E-state index contributed by atoms with van der Waals surface area (Å²) in [6.07, 6.45) is 6.12. The molecule has 1 N–H and O–H groups in total. The fourth-order valence-corrected chi connectivity index (χ4v) is 2.33. The Bertz CT molecular complexity index is 156. The Balaban J connectivity index is 1.92. The van der Waals surface area contributed by atoms with E-state index in [1.54, 1.807) is 0 Å². The van der Waals surface area contributed by atoms with E-state index in [0.29, 0.717) is 6.10 Å². The van der Waals surface area contributed by atoms with Crippen molar-refractivity contribution in [3.63, 3.8) is 0 Å². The molecule has 2 heteroatoms. The van der Waals surface area contributed by atoms with Crippen LogP contribution in [0.1, 0.15) is 39.0 Å². The third-order valence-corrected chi connectivity index (χ3v) is 2.86. The molecule has 2 nitrogen and oxygen atoms in total. The summed E-state index contributed by atoms with van der Waals surface area (Å²) in [7, 11) is 0. The maximum Gasteiger partial charge on any atom is 0.0972 e. The number of epoxide rings is 1. The van der Waals surface area contributed by atoms with Gasteiger partial charge in [-0.15, -0.1) is 0 Å².